The van der Waals surface area contributed by atoms with Crippen molar-refractivity contribution in [2.45, 2.75) is 225 Å². The molecule has 56 heavy (non-hydrogen) atoms. The quantitative estimate of drug-likeness (QED) is 0.0284. The summed E-state index contributed by atoms with van der Waals surface area (Å²) in [4.78, 5) is 37.0. The van der Waals surface area contributed by atoms with Crippen molar-refractivity contribution in [1.82, 2.24) is 0 Å². The maximum Gasteiger partial charge on any atom is 0.362 e. The Morgan fingerprint density at radius 3 is 1.38 bits per heavy atom. The van der Waals surface area contributed by atoms with Crippen LogP contribution < -0.4 is 0 Å². The van der Waals surface area contributed by atoms with Crippen LogP contribution in [0.3, 0.4) is 0 Å². The first-order valence-corrected chi connectivity index (χ1v) is 23.4. The molecular formula is C48H90NO7+. The average Bonchev–Trinajstić information content (AvgIpc) is 3.15. The van der Waals surface area contributed by atoms with E-state index >= 15 is 0 Å². The van der Waals surface area contributed by atoms with E-state index in [0.717, 1.165) is 44.9 Å². The number of carboxylic acids is 1. The van der Waals surface area contributed by atoms with E-state index in [2.05, 4.69) is 38.2 Å². The van der Waals surface area contributed by atoms with Crippen LogP contribution in [0.25, 0.3) is 0 Å². The van der Waals surface area contributed by atoms with Gasteiger partial charge in [-0.15, -0.1) is 0 Å². The van der Waals surface area contributed by atoms with Crippen molar-refractivity contribution in [3.63, 3.8) is 0 Å². The minimum atomic E-state index is -0.874. The van der Waals surface area contributed by atoms with E-state index in [1.807, 2.05) is 21.1 Å². The third-order valence-electron chi connectivity index (χ3n) is 10.6. The van der Waals surface area contributed by atoms with E-state index in [4.69, 9.17) is 14.2 Å². The molecule has 0 aromatic carbocycles. The van der Waals surface area contributed by atoms with Gasteiger partial charge in [-0.2, -0.15) is 0 Å². The van der Waals surface area contributed by atoms with Crippen LogP contribution in [0.1, 0.15) is 213 Å². The summed E-state index contributed by atoms with van der Waals surface area (Å²) in [5, 5.41) is 9.63. The Kier molecular flexibility index (Phi) is 38.1. The number of unbranched alkanes of at least 4 members (excludes halogenated alkanes) is 25. The summed E-state index contributed by atoms with van der Waals surface area (Å²) >= 11 is 0. The minimum absolute atomic E-state index is 0.0528. The highest BCUT2D eigenvalue weighted by Crippen LogP contribution is 2.16. The molecular weight excluding hydrogens is 703 g/mol. The summed E-state index contributed by atoms with van der Waals surface area (Å²) in [5.41, 5.74) is 0. The average molecular weight is 793 g/mol. The second kappa shape index (κ2) is 39.6. The molecule has 0 rings (SSSR count). The molecule has 2 unspecified atom stereocenters. The number of allylic oxidation sites excluding steroid dienone is 4. The number of esters is 2. The van der Waals surface area contributed by atoms with Crippen molar-refractivity contribution >= 4 is 17.9 Å². The number of quaternary nitrogens is 1. The number of likely N-dealkylation sites (N-methyl/N-ethyl adjacent to an activating group) is 1. The van der Waals surface area contributed by atoms with Crippen molar-refractivity contribution in [3.8, 4) is 0 Å². The summed E-state index contributed by atoms with van der Waals surface area (Å²) < 4.78 is 17.3. The van der Waals surface area contributed by atoms with E-state index in [0.29, 0.717) is 19.3 Å². The monoisotopic (exact) mass is 793 g/mol. The molecule has 1 N–H and O–H groups in total. The maximum absolute atomic E-state index is 12.7. The summed E-state index contributed by atoms with van der Waals surface area (Å²) in [7, 11) is 5.53. The molecule has 8 nitrogen and oxygen atoms in total. The number of hydrogen-bond donors (Lipinski definition) is 1. The third kappa shape index (κ3) is 37.4. The van der Waals surface area contributed by atoms with Crippen LogP contribution in [0.5, 0.6) is 0 Å². The molecule has 0 heterocycles. The third-order valence-corrected chi connectivity index (χ3v) is 10.6. The van der Waals surface area contributed by atoms with Crippen molar-refractivity contribution in [3.05, 3.63) is 24.3 Å². The van der Waals surface area contributed by atoms with Gasteiger partial charge in [0.05, 0.1) is 34.4 Å². The molecule has 0 saturated heterocycles. The molecule has 8 heteroatoms. The Hall–Kier alpha value is -2.19. The molecule has 0 aliphatic carbocycles. The molecule has 0 aromatic heterocycles. The lowest BCUT2D eigenvalue weighted by molar-refractivity contribution is -0.887. The van der Waals surface area contributed by atoms with Gasteiger partial charge in [0, 0.05) is 19.3 Å². The van der Waals surface area contributed by atoms with E-state index in [9.17, 15) is 19.5 Å². The van der Waals surface area contributed by atoms with Crippen LogP contribution in [-0.2, 0) is 28.6 Å². The van der Waals surface area contributed by atoms with E-state index in [1.165, 1.54) is 135 Å². The highest BCUT2D eigenvalue weighted by Gasteiger charge is 2.31. The highest BCUT2D eigenvalue weighted by molar-refractivity contribution is 5.72. The fourth-order valence-corrected chi connectivity index (χ4v) is 6.97. The first-order chi connectivity index (χ1) is 27.1. The van der Waals surface area contributed by atoms with Crippen molar-refractivity contribution < 1.29 is 38.2 Å². The van der Waals surface area contributed by atoms with Gasteiger partial charge in [0.15, 0.2) is 12.1 Å². The van der Waals surface area contributed by atoms with Crippen molar-refractivity contribution in [1.29, 1.82) is 0 Å². The van der Waals surface area contributed by atoms with E-state index in [-0.39, 0.29) is 36.2 Å². The molecule has 0 aromatic rings. The van der Waals surface area contributed by atoms with Crippen molar-refractivity contribution in [2.24, 2.45) is 0 Å². The SMILES string of the molecule is CCCCC/C=C/C=C/CCCCCCCCC(=O)OCC(COCCC(C(=O)O)[N+](C)(C)C)OC(=O)CCCCCCCCCCCCCCCCCCC. The fraction of sp³-hybridized carbons (Fsp3) is 0.854. The lowest BCUT2D eigenvalue weighted by Gasteiger charge is -2.31. The van der Waals surface area contributed by atoms with E-state index < -0.39 is 18.1 Å². The Labute approximate surface area is 345 Å². The van der Waals surface area contributed by atoms with Gasteiger partial charge >= 0.3 is 17.9 Å². The molecule has 0 aliphatic rings. The van der Waals surface area contributed by atoms with Crippen LogP contribution >= 0.6 is 0 Å². The number of carbonyl (C=O) groups excluding carboxylic acids is 2. The van der Waals surface area contributed by atoms with Crippen LogP contribution in [0.15, 0.2) is 24.3 Å². The molecule has 0 amide bonds. The normalized spacial score (nSPS) is 13.1. The van der Waals surface area contributed by atoms with Gasteiger partial charge in [0.2, 0.25) is 0 Å². The summed E-state index contributed by atoms with van der Waals surface area (Å²) in [6.45, 7) is 4.72. The largest absolute Gasteiger partial charge is 0.477 e. The maximum atomic E-state index is 12.7. The molecule has 0 fully saturated rings. The fourth-order valence-electron chi connectivity index (χ4n) is 6.97. The smallest absolute Gasteiger partial charge is 0.362 e. The van der Waals surface area contributed by atoms with Crippen LogP contribution in [0, 0.1) is 0 Å². The molecule has 328 valence electrons. The number of rotatable bonds is 42. The number of nitrogens with zero attached hydrogens (tertiary/aromatic N) is 1. The second-order valence-electron chi connectivity index (χ2n) is 17.0. The van der Waals surface area contributed by atoms with Gasteiger partial charge in [-0.05, 0) is 38.5 Å². The standard InChI is InChI=1S/C48H89NO7/c1-6-8-10-12-14-16-18-20-22-23-25-27-29-31-33-35-37-39-47(51)56-44(42-54-41-40-45(48(52)53)49(3,4)5)43-55-46(50)38-36-34-32-30-28-26-24-21-19-17-15-13-11-9-7-2/h15,17,19,21,44-45H,6-14,16,18,20,22-43H2,1-5H3/p+1/b17-15+,21-19+. The van der Waals surface area contributed by atoms with Gasteiger partial charge in [0.1, 0.15) is 6.61 Å². The summed E-state index contributed by atoms with van der Waals surface area (Å²) in [5.74, 6) is -1.47. The second-order valence-corrected chi connectivity index (χ2v) is 17.0. The predicted molar refractivity (Wildman–Crippen MR) is 234 cm³/mol. The number of carbonyl (C=O) groups is 3. The van der Waals surface area contributed by atoms with Gasteiger partial charge in [0.25, 0.3) is 0 Å². The molecule has 2 atom stereocenters. The van der Waals surface area contributed by atoms with Crippen LogP contribution in [0.2, 0.25) is 0 Å². The number of ether oxygens (including phenoxy) is 3. The first-order valence-electron chi connectivity index (χ1n) is 23.4. The molecule has 0 saturated carbocycles. The predicted octanol–water partition coefficient (Wildman–Crippen LogP) is 12.9. The topological polar surface area (TPSA) is 99.1 Å². The Balaban J connectivity index is 4.30. The number of aliphatic carboxylic acids is 1. The zero-order chi connectivity index (χ0) is 41.4. The Morgan fingerprint density at radius 1 is 0.536 bits per heavy atom. The van der Waals surface area contributed by atoms with E-state index in [1.54, 1.807) is 0 Å². The van der Waals surface area contributed by atoms with Gasteiger partial charge in [-0.1, -0.05) is 179 Å². The van der Waals surface area contributed by atoms with Gasteiger partial charge in [-0.25, -0.2) is 4.79 Å². The highest BCUT2D eigenvalue weighted by atomic mass is 16.6. The van der Waals surface area contributed by atoms with Crippen LogP contribution in [0.4, 0.5) is 0 Å². The lowest BCUT2D eigenvalue weighted by Crippen LogP contribution is -2.50. The van der Waals surface area contributed by atoms with Gasteiger partial charge in [-0.3, -0.25) is 9.59 Å². The Bertz CT molecular complexity index is 973. The minimum Gasteiger partial charge on any atom is -0.477 e. The Morgan fingerprint density at radius 2 is 0.929 bits per heavy atom. The lowest BCUT2D eigenvalue weighted by atomic mass is 10.0. The number of carboxylic acid groups (broad SMARTS) is 1. The molecule has 0 spiro atoms. The van der Waals surface area contributed by atoms with Crippen molar-refractivity contribution in [2.75, 3.05) is 41.0 Å². The zero-order valence-corrected chi connectivity index (χ0v) is 37.3. The molecule has 0 aliphatic heterocycles. The number of hydrogen-bond acceptors (Lipinski definition) is 6. The molecule has 0 radical (unpaired) electrons. The molecule has 0 bridgehead atoms. The first kappa shape index (κ1) is 53.8. The summed E-state index contributed by atoms with van der Waals surface area (Å²) in [6, 6.07) is -0.613. The van der Waals surface area contributed by atoms with Crippen LogP contribution in [-0.4, -0.2) is 80.6 Å². The zero-order valence-electron chi connectivity index (χ0n) is 37.3. The van der Waals surface area contributed by atoms with Gasteiger partial charge < -0.3 is 23.8 Å². The summed E-state index contributed by atoms with van der Waals surface area (Å²) in [6.07, 6.45) is 43.5.